The summed E-state index contributed by atoms with van der Waals surface area (Å²) in [5.74, 6) is 2.16. The van der Waals surface area contributed by atoms with Crippen LogP contribution in [0.5, 0.6) is 11.5 Å². The number of carbonyl (C=O) groups excluding carboxylic acids is 1. The number of amides is 1. The number of fused-ring (bicyclic) bond motifs is 1. The fraction of sp³-hybridized carbons (Fsp3) is 0.650. The van der Waals surface area contributed by atoms with Crippen LogP contribution in [0.2, 0.25) is 0 Å². The maximum Gasteiger partial charge on any atom is 0.254 e. The molecule has 0 aromatic heterocycles. The highest BCUT2D eigenvalue weighted by molar-refractivity contribution is 5.95. The third-order valence-electron chi connectivity index (χ3n) is 5.28. The molecule has 1 heterocycles. The Morgan fingerprint density at radius 3 is 2.62 bits per heavy atom. The van der Waals surface area contributed by atoms with Crippen molar-refractivity contribution < 1.29 is 14.3 Å². The molecule has 1 aliphatic carbocycles. The van der Waals surface area contributed by atoms with E-state index < -0.39 is 0 Å². The van der Waals surface area contributed by atoms with E-state index in [2.05, 4.69) is 4.90 Å². The summed E-state index contributed by atoms with van der Waals surface area (Å²) < 4.78 is 11.2. The average molecular weight is 331 g/mol. The van der Waals surface area contributed by atoms with Gasteiger partial charge in [-0.05, 0) is 63.6 Å². The minimum absolute atomic E-state index is 0.0746. The third kappa shape index (κ3) is 3.52. The molecule has 24 heavy (non-hydrogen) atoms. The lowest BCUT2D eigenvalue weighted by Crippen LogP contribution is -2.49. The van der Waals surface area contributed by atoms with Gasteiger partial charge in [0.05, 0.1) is 13.2 Å². The van der Waals surface area contributed by atoms with E-state index in [0.29, 0.717) is 29.0 Å². The monoisotopic (exact) mass is 331 g/mol. The highest BCUT2D eigenvalue weighted by Crippen LogP contribution is 2.37. The standard InChI is InChI=1S/C20H29NO3/c1-14(2)24-18-11-10-16(13-19(18)23-3)20(22)21-12-6-8-15-7-4-5-9-17(15)21/h10-11,13-15,17H,4-9,12H2,1-3H3. The Morgan fingerprint density at radius 1 is 1.12 bits per heavy atom. The molecule has 2 unspecified atom stereocenters. The van der Waals surface area contributed by atoms with Gasteiger partial charge in [-0.15, -0.1) is 0 Å². The largest absolute Gasteiger partial charge is 0.493 e. The van der Waals surface area contributed by atoms with E-state index >= 15 is 0 Å². The molecule has 2 fully saturated rings. The molecule has 1 aromatic rings. The highest BCUT2D eigenvalue weighted by Gasteiger charge is 2.36. The van der Waals surface area contributed by atoms with Crippen molar-refractivity contribution in [3.63, 3.8) is 0 Å². The number of ether oxygens (including phenoxy) is 2. The highest BCUT2D eigenvalue weighted by atomic mass is 16.5. The molecule has 0 N–H and O–H groups in total. The van der Waals surface area contributed by atoms with Gasteiger partial charge in [0.15, 0.2) is 11.5 Å². The summed E-state index contributed by atoms with van der Waals surface area (Å²) >= 11 is 0. The van der Waals surface area contributed by atoms with Gasteiger partial charge < -0.3 is 14.4 Å². The predicted molar refractivity (Wildman–Crippen MR) is 94.8 cm³/mol. The summed E-state index contributed by atoms with van der Waals surface area (Å²) in [6, 6.07) is 5.98. The molecule has 132 valence electrons. The first-order valence-corrected chi connectivity index (χ1v) is 9.26. The van der Waals surface area contributed by atoms with Crippen LogP contribution in [0.15, 0.2) is 18.2 Å². The van der Waals surface area contributed by atoms with Crippen LogP contribution in [0.25, 0.3) is 0 Å². The lowest BCUT2D eigenvalue weighted by Gasteiger charge is -2.44. The molecule has 1 aromatic carbocycles. The summed E-state index contributed by atoms with van der Waals surface area (Å²) in [4.78, 5) is 15.2. The average Bonchev–Trinajstić information content (AvgIpc) is 2.60. The van der Waals surface area contributed by atoms with E-state index in [0.717, 1.165) is 19.4 Å². The summed E-state index contributed by atoms with van der Waals surface area (Å²) in [5, 5.41) is 0. The second-order valence-electron chi connectivity index (χ2n) is 7.28. The summed E-state index contributed by atoms with van der Waals surface area (Å²) in [7, 11) is 1.62. The summed E-state index contributed by atoms with van der Waals surface area (Å²) in [5.41, 5.74) is 0.703. The minimum Gasteiger partial charge on any atom is -0.493 e. The Kier molecular flexibility index (Phi) is 5.32. The van der Waals surface area contributed by atoms with Crippen LogP contribution in [-0.2, 0) is 0 Å². The molecule has 4 heteroatoms. The van der Waals surface area contributed by atoms with E-state index in [-0.39, 0.29) is 12.0 Å². The van der Waals surface area contributed by atoms with E-state index in [1.807, 2.05) is 32.0 Å². The molecular formula is C20H29NO3. The number of carbonyl (C=O) groups is 1. The third-order valence-corrected chi connectivity index (χ3v) is 5.28. The molecule has 1 aliphatic heterocycles. The molecule has 3 rings (SSSR count). The SMILES string of the molecule is COc1cc(C(=O)N2CCCC3CCCCC32)ccc1OC(C)C. The summed E-state index contributed by atoms with van der Waals surface area (Å²) in [6.45, 7) is 4.84. The van der Waals surface area contributed by atoms with Gasteiger partial charge in [0.25, 0.3) is 5.91 Å². The number of benzene rings is 1. The molecule has 4 nitrogen and oxygen atoms in total. The van der Waals surface area contributed by atoms with Crippen molar-refractivity contribution >= 4 is 5.91 Å². The normalized spacial score (nSPS) is 23.8. The van der Waals surface area contributed by atoms with Gasteiger partial charge in [0, 0.05) is 18.2 Å². The molecule has 1 saturated carbocycles. The van der Waals surface area contributed by atoms with E-state index in [9.17, 15) is 4.79 Å². The van der Waals surface area contributed by atoms with Crippen molar-refractivity contribution in [1.82, 2.24) is 4.90 Å². The van der Waals surface area contributed by atoms with Gasteiger partial charge in [0.1, 0.15) is 0 Å². The van der Waals surface area contributed by atoms with Crippen LogP contribution >= 0.6 is 0 Å². The Morgan fingerprint density at radius 2 is 1.88 bits per heavy atom. The van der Waals surface area contributed by atoms with E-state index in [1.165, 1.54) is 25.7 Å². The second-order valence-corrected chi connectivity index (χ2v) is 7.28. The van der Waals surface area contributed by atoms with E-state index in [1.54, 1.807) is 7.11 Å². The van der Waals surface area contributed by atoms with Gasteiger partial charge in [-0.1, -0.05) is 12.8 Å². The van der Waals surface area contributed by atoms with Crippen LogP contribution in [0, 0.1) is 5.92 Å². The number of hydrogen-bond acceptors (Lipinski definition) is 3. The first kappa shape index (κ1) is 17.1. The van der Waals surface area contributed by atoms with Gasteiger partial charge in [-0.3, -0.25) is 4.79 Å². The number of methoxy groups -OCH3 is 1. The Labute approximate surface area is 145 Å². The van der Waals surface area contributed by atoms with Crippen LogP contribution in [-0.4, -0.2) is 36.6 Å². The van der Waals surface area contributed by atoms with Crippen LogP contribution < -0.4 is 9.47 Å². The molecule has 1 amide bonds. The van der Waals surface area contributed by atoms with Gasteiger partial charge in [0.2, 0.25) is 0 Å². The molecular weight excluding hydrogens is 302 g/mol. The number of likely N-dealkylation sites (tertiary alicyclic amines) is 1. The first-order valence-electron chi connectivity index (χ1n) is 9.26. The second kappa shape index (κ2) is 7.45. The molecule has 0 spiro atoms. The van der Waals surface area contributed by atoms with Crippen molar-refractivity contribution in [2.24, 2.45) is 5.92 Å². The minimum atomic E-state index is 0.0746. The van der Waals surface area contributed by atoms with Crippen molar-refractivity contribution in [3.05, 3.63) is 23.8 Å². The topological polar surface area (TPSA) is 38.8 Å². The smallest absolute Gasteiger partial charge is 0.254 e. The molecule has 2 atom stereocenters. The first-order chi connectivity index (χ1) is 11.6. The Bertz CT molecular complexity index is 582. The lowest BCUT2D eigenvalue weighted by molar-refractivity contribution is 0.0390. The predicted octanol–water partition coefficient (Wildman–Crippen LogP) is 4.28. The number of hydrogen-bond donors (Lipinski definition) is 0. The van der Waals surface area contributed by atoms with Crippen molar-refractivity contribution in [2.75, 3.05) is 13.7 Å². The maximum atomic E-state index is 13.1. The number of nitrogens with zero attached hydrogens (tertiary/aromatic N) is 1. The zero-order valence-corrected chi connectivity index (χ0v) is 15.1. The number of rotatable bonds is 4. The van der Waals surface area contributed by atoms with Crippen molar-refractivity contribution in [2.45, 2.75) is 64.5 Å². The van der Waals surface area contributed by atoms with Crippen LogP contribution in [0.4, 0.5) is 0 Å². The fourth-order valence-corrected chi connectivity index (χ4v) is 4.19. The van der Waals surface area contributed by atoms with Gasteiger partial charge in [-0.2, -0.15) is 0 Å². The van der Waals surface area contributed by atoms with Crippen molar-refractivity contribution in [1.29, 1.82) is 0 Å². The molecule has 0 bridgehead atoms. The van der Waals surface area contributed by atoms with Gasteiger partial charge in [-0.25, -0.2) is 0 Å². The quantitative estimate of drug-likeness (QED) is 0.827. The lowest BCUT2D eigenvalue weighted by atomic mass is 9.78. The number of piperidine rings is 1. The van der Waals surface area contributed by atoms with Gasteiger partial charge >= 0.3 is 0 Å². The zero-order chi connectivity index (χ0) is 17.1. The summed E-state index contributed by atoms with van der Waals surface area (Å²) in [6.07, 6.45) is 7.47. The zero-order valence-electron chi connectivity index (χ0n) is 15.1. The molecule has 1 saturated heterocycles. The molecule has 0 radical (unpaired) electrons. The fourth-order valence-electron chi connectivity index (χ4n) is 4.19. The van der Waals surface area contributed by atoms with Crippen LogP contribution in [0.3, 0.4) is 0 Å². The maximum absolute atomic E-state index is 13.1. The van der Waals surface area contributed by atoms with Crippen molar-refractivity contribution in [3.8, 4) is 11.5 Å². The Balaban J connectivity index is 1.81. The van der Waals surface area contributed by atoms with Crippen LogP contribution in [0.1, 0.15) is 62.7 Å². The van der Waals surface area contributed by atoms with E-state index in [4.69, 9.17) is 9.47 Å². The Hall–Kier alpha value is -1.71. The molecule has 2 aliphatic rings.